The first-order valence-corrected chi connectivity index (χ1v) is 11.7. The number of nitrogens with one attached hydrogen (secondary N) is 1. The zero-order valence-corrected chi connectivity index (χ0v) is 18.2. The maximum atomic E-state index is 12.7. The van der Waals surface area contributed by atoms with E-state index in [0.29, 0.717) is 18.7 Å². The maximum absolute atomic E-state index is 12.7. The molecule has 0 spiro atoms. The second-order valence-electron chi connectivity index (χ2n) is 7.57. The van der Waals surface area contributed by atoms with Crippen molar-refractivity contribution in [3.63, 3.8) is 0 Å². The first-order chi connectivity index (χ1) is 15.2. The van der Waals surface area contributed by atoms with Gasteiger partial charge in [-0.3, -0.25) is 4.79 Å². The van der Waals surface area contributed by atoms with Crippen LogP contribution >= 0.6 is 11.8 Å². The molecule has 2 aliphatic rings. The van der Waals surface area contributed by atoms with Gasteiger partial charge < -0.3 is 19.7 Å². The van der Waals surface area contributed by atoms with Gasteiger partial charge in [-0.2, -0.15) is 0 Å². The largest absolute Gasteiger partial charge is 0.493 e. The summed E-state index contributed by atoms with van der Waals surface area (Å²) < 4.78 is 11.7. The van der Waals surface area contributed by atoms with E-state index >= 15 is 0 Å². The van der Waals surface area contributed by atoms with E-state index in [1.54, 1.807) is 11.8 Å². The van der Waals surface area contributed by atoms with E-state index in [0.717, 1.165) is 48.0 Å². The van der Waals surface area contributed by atoms with Gasteiger partial charge in [0.2, 0.25) is 0 Å². The van der Waals surface area contributed by atoms with Gasteiger partial charge >= 0.3 is 0 Å². The molecule has 31 heavy (non-hydrogen) atoms. The fraction of sp³-hybridized carbons (Fsp3) is 0.240. The van der Waals surface area contributed by atoms with Crippen LogP contribution in [0.2, 0.25) is 0 Å². The molecule has 0 bridgehead atoms. The SMILES string of the molecule is CSc1ccc(CNC(=O)c2ccc3c(c2)OCCN3c2cccc3c2CCO3)cc1. The summed E-state index contributed by atoms with van der Waals surface area (Å²) in [7, 11) is 0. The molecule has 0 fully saturated rings. The molecule has 0 atom stereocenters. The Balaban J connectivity index is 1.34. The molecule has 0 aliphatic carbocycles. The molecular formula is C25H24N2O3S. The number of thioether (sulfide) groups is 1. The second kappa shape index (κ2) is 8.55. The van der Waals surface area contributed by atoms with Crippen LogP contribution in [-0.2, 0) is 13.0 Å². The van der Waals surface area contributed by atoms with Crippen LogP contribution in [0.25, 0.3) is 0 Å². The van der Waals surface area contributed by atoms with Crippen LogP contribution in [0.3, 0.4) is 0 Å². The molecule has 6 heteroatoms. The molecule has 0 saturated heterocycles. The summed E-state index contributed by atoms with van der Waals surface area (Å²) in [5, 5.41) is 3.00. The summed E-state index contributed by atoms with van der Waals surface area (Å²) in [6.07, 6.45) is 2.96. The highest BCUT2D eigenvalue weighted by atomic mass is 32.2. The number of ether oxygens (including phenoxy) is 2. The molecule has 1 amide bonds. The van der Waals surface area contributed by atoms with Gasteiger partial charge in [0.1, 0.15) is 18.1 Å². The number of carbonyl (C=O) groups is 1. The van der Waals surface area contributed by atoms with Crippen molar-refractivity contribution in [2.75, 3.05) is 30.9 Å². The number of anilines is 2. The minimum absolute atomic E-state index is 0.105. The average Bonchev–Trinajstić information content (AvgIpc) is 3.31. The highest BCUT2D eigenvalue weighted by Crippen LogP contribution is 2.42. The molecule has 0 unspecified atom stereocenters. The Kier molecular flexibility index (Phi) is 5.47. The third kappa shape index (κ3) is 3.95. The van der Waals surface area contributed by atoms with E-state index in [4.69, 9.17) is 9.47 Å². The van der Waals surface area contributed by atoms with E-state index in [9.17, 15) is 4.79 Å². The van der Waals surface area contributed by atoms with Crippen molar-refractivity contribution in [3.05, 3.63) is 77.4 Å². The van der Waals surface area contributed by atoms with Gasteiger partial charge in [0.05, 0.1) is 18.8 Å². The van der Waals surface area contributed by atoms with Crippen LogP contribution in [0.1, 0.15) is 21.5 Å². The summed E-state index contributed by atoms with van der Waals surface area (Å²) >= 11 is 1.70. The highest BCUT2D eigenvalue weighted by molar-refractivity contribution is 7.98. The van der Waals surface area contributed by atoms with Gasteiger partial charge in [-0.05, 0) is 54.3 Å². The van der Waals surface area contributed by atoms with E-state index in [2.05, 4.69) is 34.7 Å². The smallest absolute Gasteiger partial charge is 0.251 e. The molecule has 3 aromatic carbocycles. The topological polar surface area (TPSA) is 50.8 Å². The van der Waals surface area contributed by atoms with Gasteiger partial charge in [-0.25, -0.2) is 0 Å². The molecule has 0 aromatic heterocycles. The molecule has 0 saturated carbocycles. The minimum Gasteiger partial charge on any atom is -0.493 e. The summed E-state index contributed by atoms with van der Waals surface area (Å²) in [5.74, 6) is 1.60. The van der Waals surface area contributed by atoms with E-state index < -0.39 is 0 Å². The molecule has 5 rings (SSSR count). The van der Waals surface area contributed by atoms with Crippen molar-refractivity contribution >= 4 is 29.0 Å². The van der Waals surface area contributed by atoms with Crippen LogP contribution in [0.15, 0.2) is 65.6 Å². The van der Waals surface area contributed by atoms with Crippen molar-refractivity contribution < 1.29 is 14.3 Å². The lowest BCUT2D eigenvalue weighted by atomic mass is 10.1. The van der Waals surface area contributed by atoms with Gasteiger partial charge in [-0.1, -0.05) is 18.2 Å². The molecule has 0 radical (unpaired) electrons. The van der Waals surface area contributed by atoms with Crippen LogP contribution in [0.4, 0.5) is 11.4 Å². The van der Waals surface area contributed by atoms with Crippen LogP contribution < -0.4 is 19.7 Å². The van der Waals surface area contributed by atoms with Crippen molar-refractivity contribution in [1.82, 2.24) is 5.32 Å². The Morgan fingerprint density at radius 1 is 1.00 bits per heavy atom. The highest BCUT2D eigenvalue weighted by Gasteiger charge is 2.25. The monoisotopic (exact) mass is 432 g/mol. The first-order valence-electron chi connectivity index (χ1n) is 10.4. The van der Waals surface area contributed by atoms with E-state index in [1.165, 1.54) is 10.5 Å². The van der Waals surface area contributed by atoms with Crippen molar-refractivity contribution in [1.29, 1.82) is 0 Å². The standard InChI is InChI=1S/C25H24N2O3S/c1-31-19-8-5-17(6-9-19)16-26-25(28)18-7-10-22-24(15-18)30-14-12-27(22)21-3-2-4-23-20(21)11-13-29-23/h2-10,15H,11-14,16H2,1H3,(H,26,28). The fourth-order valence-corrected chi connectivity index (χ4v) is 4.50. The van der Waals surface area contributed by atoms with Crippen LogP contribution in [0, 0.1) is 0 Å². The molecule has 2 heterocycles. The molecular weight excluding hydrogens is 408 g/mol. The Bertz CT molecular complexity index is 1110. The Labute approximate surface area is 186 Å². The number of hydrogen-bond acceptors (Lipinski definition) is 5. The third-order valence-corrected chi connectivity index (χ3v) is 6.45. The number of benzene rings is 3. The zero-order chi connectivity index (χ0) is 21.2. The summed E-state index contributed by atoms with van der Waals surface area (Å²) in [5.41, 5.74) is 5.06. The predicted molar refractivity (Wildman–Crippen MR) is 124 cm³/mol. The lowest BCUT2D eigenvalue weighted by Crippen LogP contribution is -2.30. The molecule has 5 nitrogen and oxygen atoms in total. The quantitative estimate of drug-likeness (QED) is 0.587. The number of fused-ring (bicyclic) bond motifs is 2. The average molecular weight is 433 g/mol. The fourth-order valence-electron chi connectivity index (χ4n) is 4.10. The lowest BCUT2D eigenvalue weighted by molar-refractivity contribution is 0.0950. The molecule has 3 aromatic rings. The summed E-state index contributed by atoms with van der Waals surface area (Å²) in [4.78, 5) is 16.2. The third-order valence-electron chi connectivity index (χ3n) is 5.71. The van der Waals surface area contributed by atoms with Crippen molar-refractivity contribution in [3.8, 4) is 11.5 Å². The molecule has 2 aliphatic heterocycles. The van der Waals surface area contributed by atoms with Crippen molar-refractivity contribution in [2.45, 2.75) is 17.9 Å². The second-order valence-corrected chi connectivity index (χ2v) is 8.45. The number of carbonyl (C=O) groups excluding carboxylic acids is 1. The Morgan fingerprint density at radius 3 is 2.68 bits per heavy atom. The van der Waals surface area contributed by atoms with Crippen molar-refractivity contribution in [2.24, 2.45) is 0 Å². The van der Waals surface area contributed by atoms with E-state index in [-0.39, 0.29) is 5.91 Å². The van der Waals surface area contributed by atoms with Crippen LogP contribution in [0.5, 0.6) is 11.5 Å². The predicted octanol–water partition coefficient (Wildman–Crippen LogP) is 4.80. The van der Waals surface area contributed by atoms with Gasteiger partial charge in [0.25, 0.3) is 5.91 Å². The van der Waals surface area contributed by atoms with Crippen LogP contribution in [-0.4, -0.2) is 31.9 Å². The van der Waals surface area contributed by atoms with Gasteiger partial charge in [-0.15, -0.1) is 11.8 Å². The normalized spacial score (nSPS) is 14.3. The molecule has 1 N–H and O–H groups in total. The van der Waals surface area contributed by atoms with E-state index in [1.807, 2.05) is 42.5 Å². The number of hydrogen-bond donors (Lipinski definition) is 1. The lowest BCUT2D eigenvalue weighted by Gasteiger charge is -2.32. The first kappa shape index (κ1) is 19.8. The Hall–Kier alpha value is -3.12. The van der Waals surface area contributed by atoms with Gasteiger partial charge in [0.15, 0.2) is 0 Å². The molecule has 158 valence electrons. The number of nitrogens with zero attached hydrogens (tertiary/aromatic N) is 1. The summed E-state index contributed by atoms with van der Waals surface area (Å²) in [6, 6.07) is 20.1. The maximum Gasteiger partial charge on any atom is 0.251 e. The zero-order valence-electron chi connectivity index (χ0n) is 17.4. The number of amides is 1. The number of rotatable bonds is 5. The van der Waals surface area contributed by atoms with Gasteiger partial charge in [0, 0.05) is 34.7 Å². The summed E-state index contributed by atoms with van der Waals surface area (Å²) in [6.45, 7) is 2.56. The Morgan fingerprint density at radius 2 is 1.84 bits per heavy atom. The minimum atomic E-state index is -0.105.